The lowest BCUT2D eigenvalue weighted by Crippen LogP contribution is -2.30. The molecule has 32 heavy (non-hydrogen) atoms. The first-order chi connectivity index (χ1) is 15.1. The van der Waals surface area contributed by atoms with E-state index in [1.165, 1.54) is 12.1 Å². The van der Waals surface area contributed by atoms with Gasteiger partial charge in [0, 0.05) is 5.69 Å². The number of ether oxygens (including phenoxy) is 1. The number of nitrogens with one attached hydrogen (secondary N) is 2. The molecule has 0 saturated heterocycles. The molecule has 3 rings (SSSR count). The highest BCUT2D eigenvalue weighted by Crippen LogP contribution is 2.24. The van der Waals surface area contributed by atoms with Crippen molar-refractivity contribution in [3.8, 4) is 5.75 Å². The first-order valence-electron chi connectivity index (χ1n) is 10.3. The Hall–Kier alpha value is -3.32. The summed E-state index contributed by atoms with van der Waals surface area (Å²) in [6, 6.07) is 17.4. The van der Waals surface area contributed by atoms with E-state index in [0.717, 1.165) is 22.3 Å². The molecule has 0 aliphatic carbocycles. The van der Waals surface area contributed by atoms with Crippen molar-refractivity contribution in [1.29, 1.82) is 0 Å². The molecule has 0 saturated carbocycles. The molecule has 0 aliphatic heterocycles. The lowest BCUT2D eigenvalue weighted by molar-refractivity contribution is -0.122. The molecule has 2 N–H and O–H groups in total. The summed E-state index contributed by atoms with van der Waals surface area (Å²) in [4.78, 5) is 12.6. The van der Waals surface area contributed by atoms with E-state index in [9.17, 15) is 13.2 Å². The fourth-order valence-electron chi connectivity index (χ4n) is 3.31. The molecule has 6 nitrogen and oxygen atoms in total. The van der Waals surface area contributed by atoms with Crippen LogP contribution in [0.15, 0.2) is 65.6 Å². The number of carbonyl (C=O) groups is 1. The van der Waals surface area contributed by atoms with Crippen LogP contribution in [-0.4, -0.2) is 20.4 Å². The summed E-state index contributed by atoms with van der Waals surface area (Å²) in [6.45, 7) is 9.30. The molecular weight excluding hydrogens is 424 g/mol. The monoisotopic (exact) mass is 452 g/mol. The first kappa shape index (κ1) is 23.3. The number of hydrogen-bond donors (Lipinski definition) is 2. The number of para-hydroxylation sites is 1. The van der Waals surface area contributed by atoms with Crippen LogP contribution in [0.25, 0.3) is 0 Å². The topological polar surface area (TPSA) is 84.5 Å². The van der Waals surface area contributed by atoms with Gasteiger partial charge in [-0.3, -0.25) is 9.52 Å². The van der Waals surface area contributed by atoms with Gasteiger partial charge in [-0.2, -0.15) is 0 Å². The van der Waals surface area contributed by atoms with Gasteiger partial charge in [-0.15, -0.1) is 0 Å². The standard InChI is InChI=1S/C25H28N2O4S/c1-16-9-14-23(19(4)15-16)31-20(5)25(28)26-21-10-12-22(13-11-21)32(29,30)27-24-17(2)7-6-8-18(24)3/h6-15,20,27H,1-5H3,(H,26,28)/t20-/m1/s1. The van der Waals surface area contributed by atoms with Crippen molar-refractivity contribution < 1.29 is 17.9 Å². The smallest absolute Gasteiger partial charge is 0.265 e. The molecule has 0 spiro atoms. The van der Waals surface area contributed by atoms with E-state index >= 15 is 0 Å². The minimum atomic E-state index is -3.76. The Labute approximate surface area is 189 Å². The molecule has 1 atom stereocenters. The predicted molar refractivity (Wildman–Crippen MR) is 128 cm³/mol. The maximum Gasteiger partial charge on any atom is 0.265 e. The molecule has 0 fully saturated rings. The fraction of sp³-hybridized carbons (Fsp3) is 0.240. The Morgan fingerprint density at radius 1 is 0.875 bits per heavy atom. The average Bonchev–Trinajstić information content (AvgIpc) is 2.73. The van der Waals surface area contributed by atoms with Gasteiger partial charge >= 0.3 is 0 Å². The number of carbonyl (C=O) groups excluding carboxylic acids is 1. The van der Waals surface area contributed by atoms with Gasteiger partial charge in [0.1, 0.15) is 5.75 Å². The normalized spacial score (nSPS) is 12.2. The highest BCUT2D eigenvalue weighted by molar-refractivity contribution is 7.92. The van der Waals surface area contributed by atoms with Crippen molar-refractivity contribution >= 4 is 27.3 Å². The zero-order valence-electron chi connectivity index (χ0n) is 18.9. The molecule has 7 heteroatoms. The van der Waals surface area contributed by atoms with Crippen LogP contribution in [0.5, 0.6) is 5.75 Å². The highest BCUT2D eigenvalue weighted by atomic mass is 32.2. The third-order valence-electron chi connectivity index (χ3n) is 5.15. The Bertz CT molecular complexity index is 1220. The molecule has 3 aromatic rings. The van der Waals surface area contributed by atoms with Crippen LogP contribution in [-0.2, 0) is 14.8 Å². The van der Waals surface area contributed by atoms with Crippen LogP contribution in [0.2, 0.25) is 0 Å². The van der Waals surface area contributed by atoms with Crippen molar-refractivity contribution in [2.75, 3.05) is 10.0 Å². The summed E-state index contributed by atoms with van der Waals surface area (Å²) in [6.07, 6.45) is -0.717. The fourth-order valence-corrected chi connectivity index (χ4v) is 4.51. The number of aryl methyl sites for hydroxylation is 4. The molecule has 3 aromatic carbocycles. The summed E-state index contributed by atoms with van der Waals surface area (Å²) >= 11 is 0. The second-order valence-corrected chi connectivity index (χ2v) is 9.60. The molecule has 0 radical (unpaired) electrons. The van der Waals surface area contributed by atoms with E-state index in [2.05, 4.69) is 10.0 Å². The van der Waals surface area contributed by atoms with E-state index < -0.39 is 16.1 Å². The third-order valence-corrected chi connectivity index (χ3v) is 6.52. The maximum absolute atomic E-state index is 12.8. The van der Waals surface area contributed by atoms with Crippen LogP contribution < -0.4 is 14.8 Å². The molecule has 1 amide bonds. The average molecular weight is 453 g/mol. The van der Waals surface area contributed by atoms with Crippen LogP contribution >= 0.6 is 0 Å². The second kappa shape index (κ2) is 9.44. The molecule has 0 aliphatic rings. The third kappa shape index (κ3) is 5.48. The van der Waals surface area contributed by atoms with Crippen molar-refractivity contribution in [1.82, 2.24) is 0 Å². The van der Waals surface area contributed by atoms with Gasteiger partial charge in [-0.05, 0) is 81.6 Å². The van der Waals surface area contributed by atoms with E-state index in [1.807, 2.05) is 64.1 Å². The van der Waals surface area contributed by atoms with E-state index in [-0.39, 0.29) is 10.8 Å². The predicted octanol–water partition coefficient (Wildman–Crippen LogP) is 5.13. The summed E-state index contributed by atoms with van der Waals surface area (Å²) < 4.78 is 34.0. The van der Waals surface area contributed by atoms with Gasteiger partial charge in [-0.25, -0.2) is 8.42 Å². The van der Waals surface area contributed by atoms with Gasteiger partial charge in [0.25, 0.3) is 15.9 Å². The summed E-state index contributed by atoms with van der Waals surface area (Å²) in [5, 5.41) is 2.76. The van der Waals surface area contributed by atoms with Crippen molar-refractivity contribution in [2.45, 2.75) is 45.6 Å². The number of anilines is 2. The Kier molecular flexibility index (Phi) is 6.89. The Balaban J connectivity index is 1.67. The molecule has 0 heterocycles. The molecule has 0 bridgehead atoms. The van der Waals surface area contributed by atoms with E-state index in [1.54, 1.807) is 19.1 Å². The van der Waals surface area contributed by atoms with Crippen LogP contribution in [0.1, 0.15) is 29.2 Å². The quantitative estimate of drug-likeness (QED) is 0.521. The van der Waals surface area contributed by atoms with Crippen molar-refractivity contribution in [3.05, 3.63) is 82.9 Å². The van der Waals surface area contributed by atoms with Gasteiger partial charge in [0.05, 0.1) is 10.6 Å². The lowest BCUT2D eigenvalue weighted by Gasteiger charge is -2.17. The van der Waals surface area contributed by atoms with E-state index in [0.29, 0.717) is 17.1 Å². The SMILES string of the molecule is Cc1ccc(O[C@H](C)C(=O)Nc2ccc(S(=O)(=O)Nc3c(C)cccc3C)cc2)c(C)c1. The molecular formula is C25H28N2O4S. The summed E-state index contributed by atoms with van der Waals surface area (Å²) in [5.74, 6) is 0.325. The van der Waals surface area contributed by atoms with Gasteiger partial charge < -0.3 is 10.1 Å². The lowest BCUT2D eigenvalue weighted by atomic mass is 10.1. The van der Waals surface area contributed by atoms with Crippen molar-refractivity contribution in [2.24, 2.45) is 0 Å². The largest absolute Gasteiger partial charge is 0.481 e. The van der Waals surface area contributed by atoms with Gasteiger partial charge in [-0.1, -0.05) is 35.9 Å². The summed E-state index contributed by atoms with van der Waals surface area (Å²) in [7, 11) is -3.76. The zero-order chi connectivity index (χ0) is 23.5. The van der Waals surface area contributed by atoms with E-state index in [4.69, 9.17) is 4.74 Å². The number of amides is 1. The number of hydrogen-bond acceptors (Lipinski definition) is 4. The molecule has 168 valence electrons. The molecule has 0 aromatic heterocycles. The van der Waals surface area contributed by atoms with Crippen LogP contribution in [0.3, 0.4) is 0 Å². The Morgan fingerprint density at radius 2 is 1.50 bits per heavy atom. The zero-order valence-corrected chi connectivity index (χ0v) is 19.7. The second-order valence-electron chi connectivity index (χ2n) is 7.91. The van der Waals surface area contributed by atoms with Crippen LogP contribution in [0.4, 0.5) is 11.4 Å². The minimum absolute atomic E-state index is 0.109. The number of sulfonamides is 1. The number of rotatable bonds is 7. The maximum atomic E-state index is 12.8. The highest BCUT2D eigenvalue weighted by Gasteiger charge is 2.18. The Morgan fingerprint density at radius 3 is 2.09 bits per heavy atom. The molecule has 0 unspecified atom stereocenters. The van der Waals surface area contributed by atoms with Gasteiger partial charge in [0.15, 0.2) is 6.10 Å². The van der Waals surface area contributed by atoms with Crippen molar-refractivity contribution in [3.63, 3.8) is 0 Å². The minimum Gasteiger partial charge on any atom is -0.481 e. The number of benzene rings is 3. The first-order valence-corrected chi connectivity index (χ1v) is 11.8. The van der Waals surface area contributed by atoms with Gasteiger partial charge in [0.2, 0.25) is 0 Å². The van der Waals surface area contributed by atoms with Crippen LogP contribution in [0, 0.1) is 27.7 Å². The summed E-state index contributed by atoms with van der Waals surface area (Å²) in [5.41, 5.74) is 4.81.